The van der Waals surface area contributed by atoms with Crippen LogP contribution in [0, 0.1) is 41.7 Å². The van der Waals surface area contributed by atoms with E-state index in [0.29, 0.717) is 0 Å². The molecule has 0 amide bonds. The predicted molar refractivity (Wildman–Crippen MR) is 49.5 cm³/mol. The molecular formula is C6H8AlCeKO8Zr. The Balaban J connectivity index is -0.000000327. The third-order valence-corrected chi connectivity index (χ3v) is 2.08. The van der Waals surface area contributed by atoms with Crippen LogP contribution in [0.2, 0.25) is 0 Å². The Hall–Kier alpha value is 2.44. The van der Waals surface area contributed by atoms with Gasteiger partial charge in [-0.05, 0) is 0 Å². The van der Waals surface area contributed by atoms with E-state index < -0.39 is 51.8 Å². The molecule has 0 heterocycles. The summed E-state index contributed by atoms with van der Waals surface area (Å²) in [6.45, 7) is 0. The molecule has 0 aromatic rings. The summed E-state index contributed by atoms with van der Waals surface area (Å²) in [6, 6.07) is 0. The maximum Gasteiger partial charge on any atom is 0 e. The van der Waals surface area contributed by atoms with Gasteiger partial charge in [-0.15, -0.1) is 0 Å². The number of hydrogen-bond donors (Lipinski definition) is 3. The van der Waals surface area contributed by atoms with Crippen LogP contribution in [0.5, 0.6) is 0 Å². The summed E-state index contributed by atoms with van der Waals surface area (Å²) < 4.78 is 14.5. The summed E-state index contributed by atoms with van der Waals surface area (Å²) in [5.41, 5.74) is -2.46. The van der Waals surface area contributed by atoms with Gasteiger partial charge in [0.25, 0.3) is 0 Å². The van der Waals surface area contributed by atoms with Crippen molar-refractivity contribution in [2.24, 2.45) is 0 Å². The van der Waals surface area contributed by atoms with Gasteiger partial charge in [-0.1, -0.05) is 0 Å². The van der Waals surface area contributed by atoms with Gasteiger partial charge in [0, 0.05) is 68.0 Å². The molecule has 18 heavy (non-hydrogen) atoms. The van der Waals surface area contributed by atoms with Crippen LogP contribution in [0.15, 0.2) is 0 Å². The fourth-order valence-electron chi connectivity index (χ4n) is 0.928. The van der Waals surface area contributed by atoms with E-state index >= 15 is 0 Å². The number of carboxylic acid groups (broad SMARTS) is 3. The molecular weight excluding hydrogens is 497 g/mol. The van der Waals surface area contributed by atoms with E-state index in [0.717, 1.165) is 0 Å². The predicted octanol–water partition coefficient (Wildman–Crippen LogP) is -1.91. The largest absolute Gasteiger partial charge is 0 e. The van der Waals surface area contributed by atoms with Crippen LogP contribution in [0.25, 0.3) is 0 Å². The van der Waals surface area contributed by atoms with Crippen LogP contribution in [-0.2, 0) is 48.2 Å². The summed E-state index contributed by atoms with van der Waals surface area (Å²) in [5, 5.41) is 25.5. The molecule has 0 aromatic heterocycles. The van der Waals surface area contributed by atoms with E-state index in [-0.39, 0.29) is 119 Å². The van der Waals surface area contributed by atoms with Crippen LogP contribution in [0.4, 0.5) is 0 Å². The van der Waals surface area contributed by atoms with Crippen molar-refractivity contribution in [3.05, 3.63) is 0 Å². The smallest absolute Gasteiger partial charge is 0 e. The van der Waals surface area contributed by atoms with Crippen molar-refractivity contribution in [2.45, 2.75) is 18.4 Å². The first-order valence-corrected chi connectivity index (χ1v) is 4.57. The van der Waals surface area contributed by atoms with Crippen LogP contribution < -0.4 is 0 Å². The second kappa shape index (κ2) is 14.4. The van der Waals surface area contributed by atoms with E-state index in [1.807, 2.05) is 0 Å². The van der Waals surface area contributed by atoms with Crippen molar-refractivity contribution >= 4 is 84.8 Å². The number of carboxylic acids is 3. The second-order valence-corrected chi connectivity index (χ2v) is 3.08. The zero-order valence-electron chi connectivity index (χ0n) is 8.37. The fourth-order valence-corrected chi connectivity index (χ4v) is 1.38. The second-order valence-electron chi connectivity index (χ2n) is 2.65. The van der Waals surface area contributed by atoms with Crippen molar-refractivity contribution in [3.8, 4) is 0 Å². The van der Waals surface area contributed by atoms with E-state index in [2.05, 4.69) is 3.79 Å². The zero-order valence-corrected chi connectivity index (χ0v) is 15.1. The number of hydrogen-bond acceptors (Lipinski definition) is 5. The molecule has 3 N–H and O–H groups in total. The van der Waals surface area contributed by atoms with Gasteiger partial charge in [0.05, 0.1) is 0 Å². The Morgan fingerprint density at radius 1 is 1.06 bits per heavy atom. The Morgan fingerprint density at radius 2 is 1.39 bits per heavy atom. The molecule has 12 heteroatoms. The molecule has 0 saturated carbocycles. The van der Waals surface area contributed by atoms with Crippen molar-refractivity contribution < 1.29 is 105 Å². The summed E-state index contributed by atoms with van der Waals surface area (Å²) in [7, 11) is 0. The van der Waals surface area contributed by atoms with Gasteiger partial charge in [-0.3, -0.25) is 0 Å². The molecule has 0 unspecified atom stereocenters. The minimum Gasteiger partial charge on any atom is 0 e. The third-order valence-electron chi connectivity index (χ3n) is 1.54. The van der Waals surface area contributed by atoms with Gasteiger partial charge in [-0.2, -0.15) is 0 Å². The first-order valence-electron chi connectivity index (χ1n) is 3.62. The Labute approximate surface area is 204 Å². The van der Waals surface area contributed by atoms with Crippen molar-refractivity contribution in [1.29, 1.82) is 0 Å². The van der Waals surface area contributed by atoms with Gasteiger partial charge in [-0.25, -0.2) is 0 Å². The summed E-state index contributed by atoms with van der Waals surface area (Å²) >= 11 is -2.02. The summed E-state index contributed by atoms with van der Waals surface area (Å²) in [6.07, 6.45) is -2.13. The minimum absolute atomic E-state index is 0. The van der Waals surface area contributed by atoms with E-state index in [4.69, 9.17) is 15.3 Å². The van der Waals surface area contributed by atoms with Gasteiger partial charge in [0.15, 0.2) is 0 Å². The van der Waals surface area contributed by atoms with Gasteiger partial charge < -0.3 is 0 Å². The normalized spacial score (nSPS) is 8.44. The number of carbonyl (C=O) groups is 3. The van der Waals surface area contributed by atoms with Crippen molar-refractivity contribution in [1.82, 2.24) is 0 Å². The van der Waals surface area contributed by atoms with Crippen LogP contribution in [0.1, 0.15) is 12.8 Å². The SMILES string of the molecule is [Ce].[KH].[O]=[Al][O]C(CC(=O)O)(CC(=O)O)C(=O)O.[Zr]. The molecule has 0 bridgehead atoms. The molecule has 92 valence electrons. The van der Waals surface area contributed by atoms with Crippen LogP contribution in [-0.4, -0.2) is 106 Å². The Kier molecular flexibility index (Phi) is 22.8. The van der Waals surface area contributed by atoms with Gasteiger partial charge in [0.2, 0.25) is 0 Å². The summed E-state index contributed by atoms with van der Waals surface area (Å²) in [4.78, 5) is 31.4. The fraction of sp³-hybridized carbons (Fsp3) is 0.500. The Bertz CT molecular complexity index is 298. The molecule has 0 aromatic carbocycles. The molecule has 0 aliphatic heterocycles. The molecule has 8 nitrogen and oxygen atoms in total. The molecule has 0 fully saturated rings. The Morgan fingerprint density at radius 3 is 1.56 bits per heavy atom. The molecule has 0 aliphatic carbocycles. The topological polar surface area (TPSA) is 138 Å². The van der Waals surface area contributed by atoms with E-state index in [9.17, 15) is 18.2 Å². The quantitative estimate of drug-likeness (QED) is 0.341. The van der Waals surface area contributed by atoms with Crippen LogP contribution in [0.3, 0.4) is 0 Å². The number of rotatable bonds is 7. The van der Waals surface area contributed by atoms with E-state index in [1.165, 1.54) is 0 Å². The monoisotopic (exact) mass is 504 g/mol. The van der Waals surface area contributed by atoms with Crippen molar-refractivity contribution in [2.75, 3.05) is 0 Å². The maximum absolute atomic E-state index is 10.7. The first-order chi connectivity index (χ1) is 6.84. The zero-order chi connectivity index (χ0) is 12.1. The van der Waals surface area contributed by atoms with Gasteiger partial charge in [0.1, 0.15) is 0 Å². The summed E-state index contributed by atoms with van der Waals surface area (Å²) in [5.74, 6) is -4.87. The van der Waals surface area contributed by atoms with Gasteiger partial charge >= 0.3 is 141 Å². The standard InChI is InChI=1S/C6H7O7.Al.Ce.K.O.Zr.H/c7-3(8)1-6(13,5(11)12)2-4(9)10;;;;;;/h1-2H2,(H,7,8)(H,9,10)(H,11,12);;;;;;/q-1;+1;;;;;. The van der Waals surface area contributed by atoms with E-state index in [1.54, 1.807) is 0 Å². The first kappa shape index (κ1) is 28.6. The third kappa shape index (κ3) is 11.1. The molecule has 0 spiro atoms. The molecule has 0 atom stereocenters. The molecule has 0 radical (unpaired) electrons. The molecule has 0 rings (SSSR count). The maximum atomic E-state index is 10.7. The average molecular weight is 506 g/mol. The molecule has 0 aliphatic rings. The van der Waals surface area contributed by atoms with Crippen LogP contribution >= 0.6 is 0 Å². The molecule has 0 saturated heterocycles. The minimum atomic E-state index is -2.46. The number of aliphatic carboxylic acids is 3. The van der Waals surface area contributed by atoms with Crippen molar-refractivity contribution in [3.63, 3.8) is 0 Å². The average Bonchev–Trinajstić information content (AvgIpc) is 2.01.